The van der Waals surface area contributed by atoms with Gasteiger partial charge in [0.25, 0.3) is 5.91 Å². The Kier molecular flexibility index (Phi) is 7.46. The predicted molar refractivity (Wildman–Crippen MR) is 104 cm³/mol. The van der Waals surface area contributed by atoms with Crippen molar-refractivity contribution < 1.29 is 14.3 Å². The summed E-state index contributed by atoms with van der Waals surface area (Å²) < 4.78 is 10.4. The lowest BCUT2D eigenvalue weighted by molar-refractivity contribution is 0.0977. The summed E-state index contributed by atoms with van der Waals surface area (Å²) in [5.74, 6) is 0.313. The summed E-state index contributed by atoms with van der Waals surface area (Å²) in [5, 5.41) is 6.40. The van der Waals surface area contributed by atoms with E-state index < -0.39 is 5.91 Å². The first-order valence-corrected chi connectivity index (χ1v) is 8.44. The van der Waals surface area contributed by atoms with Crippen molar-refractivity contribution in [3.8, 4) is 5.75 Å². The van der Waals surface area contributed by atoms with E-state index in [0.717, 1.165) is 0 Å². The van der Waals surface area contributed by atoms with Crippen molar-refractivity contribution in [2.75, 3.05) is 25.6 Å². The molecule has 0 spiro atoms. The largest absolute Gasteiger partial charge is 0.491 e. The molecule has 132 valence electrons. The molecular formula is C17H16Cl2N2O3S. The van der Waals surface area contributed by atoms with E-state index in [4.69, 9.17) is 44.9 Å². The van der Waals surface area contributed by atoms with E-state index in [1.165, 1.54) is 12.1 Å². The standard InChI is InChI=1S/C17H16Cl2N2O3S/c1-23-6-7-24-15-4-2-14(3-5-15)20-17(25)21-16(22)11-8-12(18)10-13(19)9-11/h2-5,8-10H,6-7H2,1H3,(H2,20,21,22,25). The minimum Gasteiger partial charge on any atom is -0.491 e. The minimum atomic E-state index is -0.401. The van der Waals surface area contributed by atoms with Gasteiger partial charge < -0.3 is 14.8 Å². The summed E-state index contributed by atoms with van der Waals surface area (Å²) >= 11 is 16.9. The Morgan fingerprint density at radius 2 is 1.72 bits per heavy atom. The van der Waals surface area contributed by atoms with Gasteiger partial charge in [-0.3, -0.25) is 10.1 Å². The molecular weight excluding hydrogens is 383 g/mol. The number of hydrogen-bond acceptors (Lipinski definition) is 4. The highest BCUT2D eigenvalue weighted by Crippen LogP contribution is 2.19. The maximum atomic E-state index is 12.2. The monoisotopic (exact) mass is 398 g/mol. The van der Waals surface area contributed by atoms with Gasteiger partial charge in [0.1, 0.15) is 12.4 Å². The van der Waals surface area contributed by atoms with Crippen molar-refractivity contribution in [1.29, 1.82) is 0 Å². The van der Waals surface area contributed by atoms with Crippen molar-refractivity contribution >= 4 is 52.1 Å². The lowest BCUT2D eigenvalue weighted by atomic mass is 10.2. The van der Waals surface area contributed by atoms with Gasteiger partial charge in [-0.05, 0) is 54.7 Å². The van der Waals surface area contributed by atoms with Crippen LogP contribution < -0.4 is 15.4 Å². The fourth-order valence-corrected chi connectivity index (χ4v) is 2.64. The number of thiocarbonyl (C=S) groups is 1. The number of ether oxygens (including phenoxy) is 2. The number of amides is 1. The van der Waals surface area contributed by atoms with Gasteiger partial charge in [0.15, 0.2) is 5.11 Å². The molecule has 0 aliphatic heterocycles. The zero-order valence-corrected chi connectivity index (χ0v) is 15.7. The second-order valence-electron chi connectivity index (χ2n) is 4.93. The Bertz CT molecular complexity index is 734. The molecule has 0 aromatic heterocycles. The highest BCUT2D eigenvalue weighted by molar-refractivity contribution is 7.80. The number of rotatable bonds is 6. The Hall–Kier alpha value is -1.86. The van der Waals surface area contributed by atoms with Gasteiger partial charge in [-0.2, -0.15) is 0 Å². The number of nitrogens with one attached hydrogen (secondary N) is 2. The van der Waals surface area contributed by atoms with E-state index in [1.807, 2.05) is 0 Å². The van der Waals surface area contributed by atoms with Gasteiger partial charge in [0, 0.05) is 28.4 Å². The molecule has 2 aromatic rings. The molecule has 0 heterocycles. The predicted octanol–water partition coefficient (Wildman–Crippen LogP) is 4.15. The Labute approximate surface area is 161 Å². The van der Waals surface area contributed by atoms with E-state index in [1.54, 1.807) is 37.4 Å². The molecule has 1 amide bonds. The molecule has 0 saturated carbocycles. The highest BCUT2D eigenvalue weighted by atomic mass is 35.5. The normalized spacial score (nSPS) is 10.2. The van der Waals surface area contributed by atoms with Crippen LogP contribution in [0.4, 0.5) is 5.69 Å². The number of hydrogen-bond donors (Lipinski definition) is 2. The molecule has 25 heavy (non-hydrogen) atoms. The lowest BCUT2D eigenvalue weighted by Gasteiger charge is -2.11. The van der Waals surface area contributed by atoms with Gasteiger partial charge in [-0.25, -0.2) is 0 Å². The smallest absolute Gasteiger partial charge is 0.257 e. The lowest BCUT2D eigenvalue weighted by Crippen LogP contribution is -2.34. The second kappa shape index (κ2) is 9.58. The van der Waals surface area contributed by atoms with Crippen molar-refractivity contribution in [3.63, 3.8) is 0 Å². The summed E-state index contributed by atoms with van der Waals surface area (Å²) in [6.07, 6.45) is 0. The van der Waals surface area contributed by atoms with Crippen LogP contribution >= 0.6 is 35.4 Å². The highest BCUT2D eigenvalue weighted by Gasteiger charge is 2.10. The molecule has 0 aliphatic carbocycles. The zero-order valence-electron chi connectivity index (χ0n) is 13.3. The summed E-state index contributed by atoms with van der Waals surface area (Å²) in [6.45, 7) is 0.990. The molecule has 0 unspecified atom stereocenters. The molecule has 5 nitrogen and oxygen atoms in total. The van der Waals surface area contributed by atoms with Crippen LogP contribution in [0.1, 0.15) is 10.4 Å². The number of halogens is 2. The van der Waals surface area contributed by atoms with Crippen LogP contribution in [0.15, 0.2) is 42.5 Å². The third-order valence-electron chi connectivity index (χ3n) is 3.02. The van der Waals surface area contributed by atoms with E-state index in [9.17, 15) is 4.79 Å². The average molecular weight is 399 g/mol. The van der Waals surface area contributed by atoms with Crippen molar-refractivity contribution in [1.82, 2.24) is 5.32 Å². The van der Waals surface area contributed by atoms with Gasteiger partial charge in [0.2, 0.25) is 0 Å². The third kappa shape index (κ3) is 6.51. The second-order valence-corrected chi connectivity index (χ2v) is 6.21. The Balaban J connectivity index is 1.90. The fourth-order valence-electron chi connectivity index (χ4n) is 1.90. The maximum Gasteiger partial charge on any atom is 0.257 e. The fraction of sp³-hybridized carbons (Fsp3) is 0.176. The van der Waals surface area contributed by atoms with E-state index in [-0.39, 0.29) is 5.11 Å². The SMILES string of the molecule is COCCOc1ccc(NC(=S)NC(=O)c2cc(Cl)cc(Cl)c2)cc1. The first-order chi connectivity index (χ1) is 12.0. The third-order valence-corrected chi connectivity index (χ3v) is 3.66. The van der Waals surface area contributed by atoms with Crippen LogP contribution in [-0.2, 0) is 4.74 Å². The van der Waals surface area contributed by atoms with E-state index >= 15 is 0 Å². The molecule has 0 fully saturated rings. The molecule has 0 radical (unpaired) electrons. The van der Waals surface area contributed by atoms with Crippen LogP contribution in [0.5, 0.6) is 5.75 Å². The van der Waals surface area contributed by atoms with Crippen molar-refractivity contribution in [2.24, 2.45) is 0 Å². The van der Waals surface area contributed by atoms with Crippen LogP contribution in [-0.4, -0.2) is 31.3 Å². The molecule has 2 N–H and O–H groups in total. The summed E-state index contributed by atoms with van der Waals surface area (Å²) in [6, 6.07) is 11.7. The molecule has 8 heteroatoms. The molecule has 0 aliphatic rings. The maximum absolute atomic E-state index is 12.2. The molecule has 2 aromatic carbocycles. The molecule has 0 saturated heterocycles. The van der Waals surface area contributed by atoms with E-state index in [0.29, 0.717) is 40.3 Å². The first kappa shape index (κ1) is 19.5. The minimum absolute atomic E-state index is 0.161. The summed E-state index contributed by atoms with van der Waals surface area (Å²) in [5.41, 5.74) is 1.04. The van der Waals surface area contributed by atoms with Gasteiger partial charge >= 0.3 is 0 Å². The van der Waals surface area contributed by atoms with Gasteiger partial charge in [-0.15, -0.1) is 0 Å². The summed E-state index contributed by atoms with van der Waals surface area (Å²) in [4.78, 5) is 12.2. The Morgan fingerprint density at radius 1 is 1.08 bits per heavy atom. The van der Waals surface area contributed by atoms with Crippen LogP contribution in [0.25, 0.3) is 0 Å². The first-order valence-electron chi connectivity index (χ1n) is 7.28. The molecule has 0 atom stereocenters. The van der Waals surface area contributed by atoms with Crippen LogP contribution in [0, 0.1) is 0 Å². The molecule has 2 rings (SSSR count). The molecule has 0 bridgehead atoms. The Morgan fingerprint density at radius 3 is 2.32 bits per heavy atom. The quantitative estimate of drug-likeness (QED) is 0.565. The van der Waals surface area contributed by atoms with E-state index in [2.05, 4.69) is 10.6 Å². The number of carbonyl (C=O) groups excluding carboxylic acids is 1. The topological polar surface area (TPSA) is 59.6 Å². The van der Waals surface area contributed by atoms with Gasteiger partial charge in [0.05, 0.1) is 6.61 Å². The van der Waals surface area contributed by atoms with Crippen LogP contribution in [0.2, 0.25) is 10.0 Å². The van der Waals surface area contributed by atoms with Crippen molar-refractivity contribution in [2.45, 2.75) is 0 Å². The zero-order chi connectivity index (χ0) is 18.2. The van der Waals surface area contributed by atoms with Crippen molar-refractivity contribution in [3.05, 3.63) is 58.1 Å². The summed E-state index contributed by atoms with van der Waals surface area (Å²) in [7, 11) is 1.61. The number of anilines is 1. The van der Waals surface area contributed by atoms with Crippen LogP contribution in [0.3, 0.4) is 0 Å². The number of carbonyl (C=O) groups is 1. The number of benzene rings is 2. The number of methoxy groups -OCH3 is 1. The average Bonchev–Trinajstić information content (AvgIpc) is 2.55. The van der Waals surface area contributed by atoms with Gasteiger partial charge in [-0.1, -0.05) is 23.2 Å².